The van der Waals surface area contributed by atoms with E-state index in [2.05, 4.69) is 19.2 Å². The maximum Gasteiger partial charge on any atom is 0.323 e. The molecule has 0 bridgehead atoms. The largest absolute Gasteiger partial charge is 0.480 e. The molecule has 0 aliphatic heterocycles. The lowest BCUT2D eigenvalue weighted by Crippen LogP contribution is -2.63. The molecule has 114 valence electrons. The number of nitrogens with zero attached hydrogens (tertiary/aromatic N) is 1. The Morgan fingerprint density at radius 2 is 2.05 bits per heavy atom. The van der Waals surface area contributed by atoms with Crippen molar-refractivity contribution in [3.05, 3.63) is 0 Å². The van der Waals surface area contributed by atoms with E-state index in [0.717, 1.165) is 19.3 Å². The van der Waals surface area contributed by atoms with E-state index >= 15 is 0 Å². The highest BCUT2D eigenvalue weighted by Crippen LogP contribution is 2.42. The molecule has 2 aliphatic carbocycles. The quantitative estimate of drug-likeness (QED) is 0.770. The van der Waals surface area contributed by atoms with Crippen molar-refractivity contribution < 1.29 is 19.4 Å². The Hall–Kier alpha value is -1.30. The van der Waals surface area contributed by atoms with Gasteiger partial charge in [0.1, 0.15) is 6.54 Å². The molecular weight excluding hydrogens is 260 g/mol. The normalized spacial score (nSPS) is 27.6. The van der Waals surface area contributed by atoms with Crippen LogP contribution < -0.4 is 5.32 Å². The molecule has 2 unspecified atom stereocenters. The first-order valence-corrected chi connectivity index (χ1v) is 7.14. The molecule has 2 aliphatic rings. The van der Waals surface area contributed by atoms with E-state index in [0.29, 0.717) is 12.5 Å². The highest BCUT2D eigenvalue weighted by atomic mass is 16.5. The van der Waals surface area contributed by atoms with Gasteiger partial charge in [0.2, 0.25) is 0 Å². The number of aliphatic carboxylic acids is 1. The van der Waals surface area contributed by atoms with E-state index in [9.17, 15) is 9.59 Å². The van der Waals surface area contributed by atoms with E-state index < -0.39 is 5.97 Å². The first kappa shape index (κ1) is 15.1. The van der Waals surface area contributed by atoms with E-state index in [1.165, 1.54) is 4.90 Å². The predicted molar refractivity (Wildman–Crippen MR) is 73.4 cm³/mol. The molecule has 0 saturated heterocycles. The van der Waals surface area contributed by atoms with Crippen LogP contribution in [0.15, 0.2) is 0 Å². The molecule has 2 saturated carbocycles. The number of carboxylic acid groups (broad SMARTS) is 1. The number of hydrogen-bond acceptors (Lipinski definition) is 3. The van der Waals surface area contributed by atoms with Gasteiger partial charge in [0.05, 0.1) is 6.10 Å². The van der Waals surface area contributed by atoms with Gasteiger partial charge in [-0.15, -0.1) is 0 Å². The number of amides is 2. The van der Waals surface area contributed by atoms with Crippen molar-refractivity contribution in [1.29, 1.82) is 0 Å². The molecule has 6 heteroatoms. The minimum Gasteiger partial charge on any atom is -0.480 e. The summed E-state index contributed by atoms with van der Waals surface area (Å²) in [6.45, 7) is 4.41. The smallest absolute Gasteiger partial charge is 0.323 e. The second-order valence-electron chi connectivity index (χ2n) is 6.50. The minimum atomic E-state index is -0.969. The standard InChI is InChI=1S/C14H24N2O4/c1-14(2)10(6-11(14)20-3)15-13(19)16(8-12(17)18)7-9-4-5-9/h9-11H,4-8H2,1-3H3,(H,15,19)(H,17,18). The summed E-state index contributed by atoms with van der Waals surface area (Å²) < 4.78 is 5.35. The van der Waals surface area contributed by atoms with Gasteiger partial charge in [0.15, 0.2) is 0 Å². The van der Waals surface area contributed by atoms with Gasteiger partial charge in [0.25, 0.3) is 0 Å². The van der Waals surface area contributed by atoms with Gasteiger partial charge in [-0.1, -0.05) is 13.8 Å². The van der Waals surface area contributed by atoms with Crippen LogP contribution in [-0.4, -0.2) is 54.4 Å². The summed E-state index contributed by atoms with van der Waals surface area (Å²) in [7, 11) is 1.67. The maximum atomic E-state index is 12.2. The van der Waals surface area contributed by atoms with Gasteiger partial charge in [-0.2, -0.15) is 0 Å². The summed E-state index contributed by atoms with van der Waals surface area (Å²) in [5.41, 5.74) is -0.112. The van der Waals surface area contributed by atoms with Gasteiger partial charge >= 0.3 is 12.0 Å². The molecule has 0 aromatic heterocycles. The van der Waals surface area contributed by atoms with Gasteiger partial charge in [-0.05, 0) is 25.2 Å². The van der Waals surface area contributed by atoms with Crippen molar-refractivity contribution >= 4 is 12.0 Å². The zero-order chi connectivity index (χ0) is 14.9. The molecule has 0 spiro atoms. The molecule has 2 amide bonds. The van der Waals surface area contributed by atoms with Gasteiger partial charge in [-0.25, -0.2) is 4.79 Å². The number of ether oxygens (including phenoxy) is 1. The summed E-state index contributed by atoms with van der Waals surface area (Å²) in [6.07, 6.45) is 3.09. The fourth-order valence-electron chi connectivity index (χ4n) is 2.77. The van der Waals surface area contributed by atoms with Crippen LogP contribution in [0.3, 0.4) is 0 Å². The first-order valence-electron chi connectivity index (χ1n) is 7.14. The molecule has 2 fully saturated rings. The van der Waals surface area contributed by atoms with Gasteiger partial charge in [0, 0.05) is 25.1 Å². The number of carboxylic acids is 1. The Morgan fingerprint density at radius 3 is 2.50 bits per heavy atom. The van der Waals surface area contributed by atoms with Crippen LogP contribution in [0.1, 0.15) is 33.1 Å². The number of carbonyl (C=O) groups excluding carboxylic acids is 1. The molecule has 2 atom stereocenters. The molecular formula is C14H24N2O4. The van der Waals surface area contributed by atoms with Crippen LogP contribution in [0.25, 0.3) is 0 Å². The fraction of sp³-hybridized carbons (Fsp3) is 0.857. The Morgan fingerprint density at radius 1 is 1.40 bits per heavy atom. The van der Waals surface area contributed by atoms with E-state index in [-0.39, 0.29) is 30.1 Å². The Labute approximate surface area is 119 Å². The number of nitrogens with one attached hydrogen (secondary N) is 1. The van der Waals surface area contributed by atoms with Crippen LogP contribution in [0.2, 0.25) is 0 Å². The molecule has 0 radical (unpaired) electrons. The highest BCUT2D eigenvalue weighted by molar-refractivity contribution is 5.80. The average molecular weight is 284 g/mol. The summed E-state index contributed by atoms with van der Waals surface area (Å²) in [5, 5.41) is 11.9. The zero-order valence-electron chi connectivity index (χ0n) is 12.4. The second-order valence-corrected chi connectivity index (χ2v) is 6.50. The Kier molecular flexibility index (Phi) is 4.22. The third-order valence-electron chi connectivity index (χ3n) is 4.55. The Bertz CT molecular complexity index is 393. The van der Waals surface area contributed by atoms with Crippen LogP contribution in [0.5, 0.6) is 0 Å². The van der Waals surface area contributed by atoms with E-state index in [1.807, 2.05) is 0 Å². The van der Waals surface area contributed by atoms with Crippen molar-refractivity contribution in [3.8, 4) is 0 Å². The van der Waals surface area contributed by atoms with Crippen molar-refractivity contribution in [2.24, 2.45) is 11.3 Å². The van der Waals surface area contributed by atoms with Crippen LogP contribution in [-0.2, 0) is 9.53 Å². The van der Waals surface area contributed by atoms with Crippen molar-refractivity contribution in [2.45, 2.75) is 45.3 Å². The third kappa shape index (κ3) is 3.23. The summed E-state index contributed by atoms with van der Waals surface area (Å²) in [6, 6.07) is -0.234. The first-order chi connectivity index (χ1) is 9.34. The molecule has 2 rings (SSSR count). The number of urea groups is 1. The second kappa shape index (κ2) is 5.60. The minimum absolute atomic E-state index is 0.0375. The van der Waals surface area contributed by atoms with Gasteiger partial charge < -0.3 is 20.1 Å². The van der Waals surface area contributed by atoms with Crippen LogP contribution >= 0.6 is 0 Å². The molecule has 2 N–H and O–H groups in total. The lowest BCUT2D eigenvalue weighted by molar-refractivity contribution is -0.137. The average Bonchev–Trinajstić information content (AvgIpc) is 3.16. The van der Waals surface area contributed by atoms with Crippen LogP contribution in [0.4, 0.5) is 4.79 Å². The summed E-state index contributed by atoms with van der Waals surface area (Å²) in [5.74, 6) is -0.496. The van der Waals surface area contributed by atoms with Crippen molar-refractivity contribution in [1.82, 2.24) is 10.2 Å². The number of hydrogen-bond donors (Lipinski definition) is 2. The van der Waals surface area contributed by atoms with E-state index in [1.54, 1.807) is 7.11 Å². The number of carbonyl (C=O) groups is 2. The third-order valence-corrected chi connectivity index (χ3v) is 4.55. The van der Waals surface area contributed by atoms with Gasteiger partial charge in [-0.3, -0.25) is 4.79 Å². The molecule has 6 nitrogen and oxygen atoms in total. The lowest BCUT2D eigenvalue weighted by atomic mass is 9.64. The molecule has 20 heavy (non-hydrogen) atoms. The summed E-state index contributed by atoms with van der Waals surface area (Å²) in [4.78, 5) is 24.5. The monoisotopic (exact) mass is 284 g/mol. The molecule has 0 aromatic rings. The van der Waals surface area contributed by atoms with E-state index in [4.69, 9.17) is 9.84 Å². The summed E-state index contributed by atoms with van der Waals surface area (Å²) >= 11 is 0. The van der Waals surface area contributed by atoms with Crippen molar-refractivity contribution in [2.75, 3.05) is 20.2 Å². The topological polar surface area (TPSA) is 78.9 Å². The number of rotatable bonds is 6. The predicted octanol–water partition coefficient (Wildman–Crippen LogP) is 1.31. The lowest BCUT2D eigenvalue weighted by Gasteiger charge is -2.51. The highest BCUT2D eigenvalue weighted by Gasteiger charge is 2.49. The fourth-order valence-corrected chi connectivity index (χ4v) is 2.77. The maximum absolute atomic E-state index is 12.2. The SMILES string of the molecule is COC1CC(NC(=O)N(CC(=O)O)CC2CC2)C1(C)C. The Balaban J connectivity index is 1.89. The molecule has 0 aromatic carbocycles. The van der Waals surface area contributed by atoms with Crippen LogP contribution in [0, 0.1) is 11.3 Å². The number of methoxy groups -OCH3 is 1. The van der Waals surface area contributed by atoms with Crippen molar-refractivity contribution in [3.63, 3.8) is 0 Å². The zero-order valence-corrected chi connectivity index (χ0v) is 12.4. The molecule has 0 heterocycles.